The van der Waals surface area contributed by atoms with Crippen LogP contribution in [0.25, 0.3) is 0 Å². The molecule has 0 spiro atoms. The summed E-state index contributed by atoms with van der Waals surface area (Å²) >= 11 is 0. The Balaban J connectivity index is 2.39. The quantitative estimate of drug-likeness (QED) is 0.700. The number of piperidine rings is 1. The Morgan fingerprint density at radius 2 is 2.21 bits per heavy atom. The third-order valence-corrected chi connectivity index (χ3v) is 3.11. The third kappa shape index (κ3) is 3.10. The van der Waals surface area contributed by atoms with Crippen LogP contribution < -0.4 is 0 Å². The van der Waals surface area contributed by atoms with Gasteiger partial charge in [-0.1, -0.05) is 19.4 Å². The Morgan fingerprint density at radius 1 is 1.57 bits per heavy atom. The molecule has 14 heavy (non-hydrogen) atoms. The summed E-state index contributed by atoms with van der Waals surface area (Å²) in [5.74, 6) is 0. The van der Waals surface area contributed by atoms with Gasteiger partial charge in [-0.25, -0.2) is 0 Å². The molecule has 1 rings (SSSR count). The van der Waals surface area contributed by atoms with Crippen molar-refractivity contribution in [3.8, 4) is 0 Å². The normalized spacial score (nSPS) is 27.6. The Labute approximate surface area is 87.6 Å². The molecule has 0 saturated carbocycles. The molecule has 1 unspecified atom stereocenters. The van der Waals surface area contributed by atoms with Crippen LogP contribution in [0.3, 0.4) is 0 Å². The number of likely N-dealkylation sites (tertiary alicyclic amines) is 1. The van der Waals surface area contributed by atoms with Crippen molar-refractivity contribution >= 4 is 0 Å². The highest BCUT2D eigenvalue weighted by Gasteiger charge is 2.33. The average molecular weight is 197 g/mol. The van der Waals surface area contributed by atoms with Gasteiger partial charge >= 0.3 is 0 Å². The summed E-state index contributed by atoms with van der Waals surface area (Å²) in [6, 6.07) is 0. The highest BCUT2D eigenvalue weighted by molar-refractivity contribution is 4.92. The molecule has 0 aliphatic carbocycles. The molecule has 2 nitrogen and oxygen atoms in total. The van der Waals surface area contributed by atoms with E-state index in [1.807, 2.05) is 0 Å². The van der Waals surface area contributed by atoms with Crippen molar-refractivity contribution in [3.63, 3.8) is 0 Å². The molecule has 0 aromatic heterocycles. The molecule has 1 atom stereocenters. The third-order valence-electron chi connectivity index (χ3n) is 3.11. The minimum absolute atomic E-state index is 0.0489. The zero-order valence-corrected chi connectivity index (χ0v) is 9.71. The Kier molecular flexibility index (Phi) is 3.73. The largest absolute Gasteiger partial charge is 0.392 e. The lowest BCUT2D eigenvalue weighted by atomic mass is 9.81. The van der Waals surface area contributed by atoms with Crippen LogP contribution in [0.2, 0.25) is 0 Å². The standard InChI is InChI=1S/C12H23NO/c1-10(2)5-7-13-8-6-11(14)12(3,4)9-13/h11,14H,1,5-9H2,2-4H3. The van der Waals surface area contributed by atoms with Gasteiger partial charge in [0.15, 0.2) is 0 Å². The molecular formula is C12H23NO. The summed E-state index contributed by atoms with van der Waals surface area (Å²) in [5.41, 5.74) is 1.29. The number of hydrogen-bond acceptors (Lipinski definition) is 2. The molecule has 1 N–H and O–H groups in total. The topological polar surface area (TPSA) is 23.5 Å². The molecule has 0 aromatic carbocycles. The summed E-state index contributed by atoms with van der Waals surface area (Å²) in [6.07, 6.45) is 1.85. The van der Waals surface area contributed by atoms with Crippen LogP contribution in [0.5, 0.6) is 0 Å². The summed E-state index contributed by atoms with van der Waals surface area (Å²) in [7, 11) is 0. The van der Waals surface area contributed by atoms with E-state index in [1.165, 1.54) is 5.57 Å². The highest BCUT2D eigenvalue weighted by Crippen LogP contribution is 2.29. The van der Waals surface area contributed by atoms with E-state index in [1.54, 1.807) is 0 Å². The van der Waals surface area contributed by atoms with Gasteiger partial charge in [-0.05, 0) is 19.8 Å². The fourth-order valence-electron chi connectivity index (χ4n) is 2.00. The van der Waals surface area contributed by atoms with Crippen LogP contribution in [0.4, 0.5) is 0 Å². The van der Waals surface area contributed by atoms with Gasteiger partial charge in [-0.2, -0.15) is 0 Å². The van der Waals surface area contributed by atoms with Crippen LogP contribution >= 0.6 is 0 Å². The molecule has 82 valence electrons. The Hall–Kier alpha value is -0.340. The van der Waals surface area contributed by atoms with Crippen molar-refractivity contribution in [1.82, 2.24) is 4.90 Å². The lowest BCUT2D eigenvalue weighted by Gasteiger charge is -2.41. The highest BCUT2D eigenvalue weighted by atomic mass is 16.3. The lowest BCUT2D eigenvalue weighted by molar-refractivity contribution is -0.0239. The predicted octanol–water partition coefficient (Wildman–Crippen LogP) is 2.05. The van der Waals surface area contributed by atoms with Gasteiger partial charge in [0.2, 0.25) is 0 Å². The van der Waals surface area contributed by atoms with E-state index in [4.69, 9.17) is 0 Å². The van der Waals surface area contributed by atoms with E-state index in [2.05, 4.69) is 32.3 Å². The molecular weight excluding hydrogens is 174 g/mol. The summed E-state index contributed by atoms with van der Waals surface area (Å²) in [4.78, 5) is 2.43. The van der Waals surface area contributed by atoms with E-state index in [0.29, 0.717) is 0 Å². The van der Waals surface area contributed by atoms with Gasteiger partial charge < -0.3 is 10.0 Å². The summed E-state index contributed by atoms with van der Waals surface area (Å²) in [6.45, 7) is 13.4. The van der Waals surface area contributed by atoms with Crippen molar-refractivity contribution in [2.75, 3.05) is 19.6 Å². The minimum Gasteiger partial charge on any atom is -0.392 e. The van der Waals surface area contributed by atoms with E-state index in [9.17, 15) is 5.11 Å². The van der Waals surface area contributed by atoms with Crippen molar-refractivity contribution in [2.45, 2.75) is 39.7 Å². The summed E-state index contributed by atoms with van der Waals surface area (Å²) < 4.78 is 0. The molecule has 1 saturated heterocycles. The van der Waals surface area contributed by atoms with E-state index >= 15 is 0 Å². The molecule has 0 amide bonds. The maximum Gasteiger partial charge on any atom is 0.0615 e. The van der Waals surface area contributed by atoms with E-state index in [0.717, 1.165) is 32.5 Å². The van der Waals surface area contributed by atoms with Crippen molar-refractivity contribution in [1.29, 1.82) is 0 Å². The van der Waals surface area contributed by atoms with Gasteiger partial charge in [0.1, 0.15) is 0 Å². The zero-order chi connectivity index (χ0) is 10.8. The second-order valence-electron chi connectivity index (χ2n) is 5.28. The Morgan fingerprint density at radius 3 is 2.71 bits per heavy atom. The van der Waals surface area contributed by atoms with Crippen LogP contribution in [-0.2, 0) is 0 Å². The molecule has 2 heteroatoms. The number of nitrogens with zero attached hydrogens (tertiary/aromatic N) is 1. The monoisotopic (exact) mass is 197 g/mol. The first kappa shape index (κ1) is 11.7. The van der Waals surface area contributed by atoms with Crippen molar-refractivity contribution in [3.05, 3.63) is 12.2 Å². The van der Waals surface area contributed by atoms with Gasteiger partial charge in [-0.3, -0.25) is 0 Å². The van der Waals surface area contributed by atoms with E-state index < -0.39 is 0 Å². The van der Waals surface area contributed by atoms with Gasteiger partial charge in [0, 0.05) is 25.0 Å². The lowest BCUT2D eigenvalue weighted by Crippen LogP contribution is -2.48. The van der Waals surface area contributed by atoms with Crippen LogP contribution in [0.1, 0.15) is 33.6 Å². The average Bonchev–Trinajstić information content (AvgIpc) is 2.07. The van der Waals surface area contributed by atoms with E-state index in [-0.39, 0.29) is 11.5 Å². The van der Waals surface area contributed by atoms with Crippen molar-refractivity contribution in [2.24, 2.45) is 5.41 Å². The Bertz CT molecular complexity index is 210. The number of aliphatic hydroxyl groups is 1. The second-order valence-corrected chi connectivity index (χ2v) is 5.28. The molecule has 0 radical (unpaired) electrons. The first-order chi connectivity index (χ1) is 6.42. The number of hydrogen-bond donors (Lipinski definition) is 1. The zero-order valence-electron chi connectivity index (χ0n) is 9.71. The number of aliphatic hydroxyl groups excluding tert-OH is 1. The maximum absolute atomic E-state index is 9.79. The van der Waals surface area contributed by atoms with Gasteiger partial charge in [0.25, 0.3) is 0 Å². The molecule has 1 heterocycles. The van der Waals surface area contributed by atoms with Crippen LogP contribution in [-0.4, -0.2) is 35.7 Å². The second kappa shape index (κ2) is 4.45. The maximum atomic E-state index is 9.79. The first-order valence-corrected chi connectivity index (χ1v) is 5.46. The smallest absolute Gasteiger partial charge is 0.0615 e. The number of rotatable bonds is 3. The molecule has 1 aliphatic heterocycles. The van der Waals surface area contributed by atoms with Crippen molar-refractivity contribution < 1.29 is 5.11 Å². The summed E-state index contributed by atoms with van der Waals surface area (Å²) in [5, 5.41) is 9.79. The molecule has 1 fully saturated rings. The van der Waals surface area contributed by atoms with Gasteiger partial charge in [-0.15, -0.1) is 6.58 Å². The molecule has 0 bridgehead atoms. The van der Waals surface area contributed by atoms with Crippen LogP contribution in [0, 0.1) is 5.41 Å². The molecule has 0 aromatic rings. The van der Waals surface area contributed by atoms with Crippen LogP contribution in [0.15, 0.2) is 12.2 Å². The predicted molar refractivity (Wildman–Crippen MR) is 60.3 cm³/mol. The fraction of sp³-hybridized carbons (Fsp3) is 0.833. The fourth-order valence-corrected chi connectivity index (χ4v) is 2.00. The molecule has 1 aliphatic rings. The van der Waals surface area contributed by atoms with Gasteiger partial charge in [0.05, 0.1) is 6.10 Å². The SMILES string of the molecule is C=C(C)CCN1CCC(O)C(C)(C)C1. The first-order valence-electron chi connectivity index (χ1n) is 5.46. The minimum atomic E-state index is -0.136.